The van der Waals surface area contributed by atoms with Crippen molar-refractivity contribution in [1.82, 2.24) is 4.31 Å². The van der Waals surface area contributed by atoms with E-state index in [2.05, 4.69) is 0 Å². The molecule has 1 amide bonds. The van der Waals surface area contributed by atoms with Crippen LogP contribution in [0.5, 0.6) is 0 Å². The van der Waals surface area contributed by atoms with Crippen molar-refractivity contribution >= 4 is 21.6 Å². The van der Waals surface area contributed by atoms with Crippen LogP contribution in [-0.4, -0.2) is 31.7 Å². The van der Waals surface area contributed by atoms with E-state index in [0.29, 0.717) is 6.42 Å². The normalized spacial score (nSPS) is 23.9. The fourth-order valence-corrected chi connectivity index (χ4v) is 3.89. The molecular weight excluding hydrogens is 285 g/mol. The summed E-state index contributed by atoms with van der Waals surface area (Å²) in [5, 5.41) is 0. The lowest BCUT2D eigenvalue weighted by atomic mass is 9.89. The number of benzene rings is 1. The van der Waals surface area contributed by atoms with Gasteiger partial charge in [0.1, 0.15) is 10.7 Å². The summed E-state index contributed by atoms with van der Waals surface area (Å²) in [5.74, 6) is -1.24. The first-order valence-corrected chi connectivity index (χ1v) is 7.46. The molecule has 0 bridgehead atoms. The van der Waals surface area contributed by atoms with Crippen molar-refractivity contribution in [2.75, 3.05) is 18.8 Å². The van der Waals surface area contributed by atoms with Crippen LogP contribution in [0.4, 0.5) is 10.1 Å². The standard InChI is InChI=1S/C12H16FN3O3S/c1-12(11(15)17)4-5-16(7-12)20(18,19)10-6-8(13)2-3-9(10)14/h2-3,6H,4-5,7,14H2,1H3,(H2,15,17). The second kappa shape index (κ2) is 4.71. The molecule has 1 saturated heterocycles. The van der Waals surface area contributed by atoms with Crippen molar-refractivity contribution in [1.29, 1.82) is 0 Å². The van der Waals surface area contributed by atoms with Gasteiger partial charge in [0.25, 0.3) is 0 Å². The fourth-order valence-electron chi connectivity index (χ4n) is 2.20. The molecule has 20 heavy (non-hydrogen) atoms. The highest BCUT2D eigenvalue weighted by Crippen LogP contribution is 2.34. The number of nitrogens with two attached hydrogens (primary N) is 2. The van der Waals surface area contributed by atoms with Crippen LogP contribution in [0.25, 0.3) is 0 Å². The van der Waals surface area contributed by atoms with Crippen molar-refractivity contribution in [2.24, 2.45) is 11.1 Å². The molecule has 1 aliphatic rings. The molecule has 6 nitrogen and oxygen atoms in total. The zero-order chi connectivity index (χ0) is 15.1. The van der Waals surface area contributed by atoms with E-state index in [-0.39, 0.29) is 23.7 Å². The Morgan fingerprint density at radius 2 is 2.10 bits per heavy atom. The molecule has 110 valence electrons. The monoisotopic (exact) mass is 301 g/mol. The SMILES string of the molecule is CC1(C(N)=O)CCN(S(=O)(=O)c2cc(F)ccc2N)C1. The summed E-state index contributed by atoms with van der Waals surface area (Å²) in [6, 6.07) is 3.17. The molecule has 1 aromatic rings. The Morgan fingerprint density at radius 1 is 1.45 bits per heavy atom. The van der Waals surface area contributed by atoms with Crippen LogP contribution in [-0.2, 0) is 14.8 Å². The van der Waals surface area contributed by atoms with Crippen molar-refractivity contribution in [3.8, 4) is 0 Å². The van der Waals surface area contributed by atoms with Gasteiger partial charge in [0.05, 0.1) is 11.1 Å². The summed E-state index contributed by atoms with van der Waals surface area (Å²) >= 11 is 0. The Bertz CT molecular complexity index is 662. The molecule has 0 radical (unpaired) electrons. The predicted octanol–water partition coefficient (Wildman–Crippen LogP) is 0.294. The molecule has 0 spiro atoms. The van der Waals surface area contributed by atoms with Gasteiger partial charge in [-0.15, -0.1) is 0 Å². The van der Waals surface area contributed by atoms with Crippen LogP contribution in [0.15, 0.2) is 23.1 Å². The Balaban J connectivity index is 2.38. The van der Waals surface area contributed by atoms with Gasteiger partial charge in [-0.05, 0) is 31.5 Å². The molecule has 0 aliphatic carbocycles. The summed E-state index contributed by atoms with van der Waals surface area (Å²) in [5.41, 5.74) is 9.96. The number of nitrogens with zero attached hydrogens (tertiary/aromatic N) is 1. The number of nitrogen functional groups attached to an aromatic ring is 1. The number of halogens is 1. The van der Waals surface area contributed by atoms with Gasteiger partial charge in [-0.3, -0.25) is 4.79 Å². The van der Waals surface area contributed by atoms with Crippen LogP contribution in [0.2, 0.25) is 0 Å². The molecule has 1 unspecified atom stereocenters. The number of rotatable bonds is 3. The minimum atomic E-state index is -3.94. The maximum absolute atomic E-state index is 13.2. The summed E-state index contributed by atoms with van der Waals surface area (Å²) in [6.45, 7) is 1.73. The summed E-state index contributed by atoms with van der Waals surface area (Å²) in [7, 11) is -3.94. The van der Waals surface area contributed by atoms with Gasteiger partial charge in [-0.1, -0.05) is 0 Å². The van der Waals surface area contributed by atoms with Crippen molar-refractivity contribution < 1.29 is 17.6 Å². The maximum atomic E-state index is 13.2. The van der Waals surface area contributed by atoms with E-state index in [1.165, 1.54) is 6.07 Å². The van der Waals surface area contributed by atoms with Gasteiger partial charge < -0.3 is 11.5 Å². The van der Waals surface area contributed by atoms with E-state index in [1.807, 2.05) is 0 Å². The minimum Gasteiger partial charge on any atom is -0.398 e. The number of primary amides is 1. The summed E-state index contributed by atoms with van der Waals surface area (Å²) in [4.78, 5) is 11.1. The van der Waals surface area contributed by atoms with Gasteiger partial charge in [-0.25, -0.2) is 12.8 Å². The molecule has 0 aromatic heterocycles. The van der Waals surface area contributed by atoms with Gasteiger partial charge in [0, 0.05) is 13.1 Å². The Morgan fingerprint density at radius 3 is 2.65 bits per heavy atom. The smallest absolute Gasteiger partial charge is 0.245 e. The molecule has 1 atom stereocenters. The largest absolute Gasteiger partial charge is 0.398 e. The number of carbonyl (C=O) groups is 1. The average Bonchev–Trinajstić information content (AvgIpc) is 2.77. The average molecular weight is 301 g/mol. The van der Waals surface area contributed by atoms with Crippen molar-refractivity contribution in [3.05, 3.63) is 24.0 Å². The predicted molar refractivity (Wildman–Crippen MR) is 71.5 cm³/mol. The highest BCUT2D eigenvalue weighted by Gasteiger charge is 2.44. The summed E-state index contributed by atoms with van der Waals surface area (Å²) in [6.07, 6.45) is 0.330. The van der Waals surface area contributed by atoms with Crippen LogP contribution >= 0.6 is 0 Å². The van der Waals surface area contributed by atoms with Crippen LogP contribution < -0.4 is 11.5 Å². The zero-order valence-electron chi connectivity index (χ0n) is 11.0. The molecule has 2 rings (SSSR count). The number of amides is 1. The van der Waals surface area contributed by atoms with Gasteiger partial charge in [0.2, 0.25) is 15.9 Å². The number of sulfonamides is 1. The van der Waals surface area contributed by atoms with Crippen molar-refractivity contribution in [3.63, 3.8) is 0 Å². The van der Waals surface area contributed by atoms with Gasteiger partial charge >= 0.3 is 0 Å². The second-order valence-electron chi connectivity index (χ2n) is 5.20. The van der Waals surface area contributed by atoms with Crippen molar-refractivity contribution in [2.45, 2.75) is 18.2 Å². The van der Waals surface area contributed by atoms with E-state index in [9.17, 15) is 17.6 Å². The maximum Gasteiger partial charge on any atom is 0.245 e. The lowest BCUT2D eigenvalue weighted by molar-refractivity contribution is -0.126. The number of anilines is 1. The van der Waals surface area contributed by atoms with Gasteiger partial charge in [0.15, 0.2) is 0 Å². The lowest BCUT2D eigenvalue weighted by Gasteiger charge is -2.21. The second-order valence-corrected chi connectivity index (χ2v) is 7.10. The molecule has 1 aliphatic heterocycles. The fraction of sp³-hybridized carbons (Fsp3) is 0.417. The van der Waals surface area contributed by atoms with Crippen LogP contribution in [0.3, 0.4) is 0 Å². The lowest BCUT2D eigenvalue weighted by Crippen LogP contribution is -2.38. The topological polar surface area (TPSA) is 106 Å². The Kier molecular flexibility index (Phi) is 3.47. The van der Waals surface area contributed by atoms with E-state index >= 15 is 0 Å². The first kappa shape index (κ1) is 14.7. The number of carbonyl (C=O) groups excluding carboxylic acids is 1. The first-order valence-electron chi connectivity index (χ1n) is 6.02. The molecule has 1 aromatic carbocycles. The molecule has 1 fully saturated rings. The van der Waals surface area contributed by atoms with E-state index < -0.39 is 27.2 Å². The van der Waals surface area contributed by atoms with Gasteiger partial charge in [-0.2, -0.15) is 4.31 Å². The highest BCUT2D eigenvalue weighted by atomic mass is 32.2. The molecule has 4 N–H and O–H groups in total. The zero-order valence-corrected chi connectivity index (χ0v) is 11.8. The molecule has 8 heteroatoms. The molecule has 0 saturated carbocycles. The number of hydrogen-bond donors (Lipinski definition) is 2. The third-order valence-corrected chi connectivity index (χ3v) is 5.53. The Labute approximate surface area is 116 Å². The minimum absolute atomic E-state index is 0.0272. The number of hydrogen-bond acceptors (Lipinski definition) is 4. The third kappa shape index (κ3) is 2.36. The highest BCUT2D eigenvalue weighted by molar-refractivity contribution is 7.89. The van der Waals surface area contributed by atoms with E-state index in [1.54, 1.807) is 6.92 Å². The van der Waals surface area contributed by atoms with E-state index in [4.69, 9.17) is 11.5 Å². The van der Waals surface area contributed by atoms with Crippen LogP contribution in [0, 0.1) is 11.2 Å². The molecule has 1 heterocycles. The Hall–Kier alpha value is -1.67. The van der Waals surface area contributed by atoms with E-state index in [0.717, 1.165) is 16.4 Å². The van der Waals surface area contributed by atoms with Crippen LogP contribution in [0.1, 0.15) is 13.3 Å². The quantitative estimate of drug-likeness (QED) is 0.783. The molecular formula is C12H16FN3O3S. The first-order chi connectivity index (χ1) is 9.17. The third-order valence-electron chi connectivity index (χ3n) is 3.63. The summed E-state index contributed by atoms with van der Waals surface area (Å²) < 4.78 is 39.2.